The van der Waals surface area contributed by atoms with Crippen molar-refractivity contribution in [3.05, 3.63) is 52.0 Å². The molecule has 1 N–H and O–H groups in total. The first kappa shape index (κ1) is 18.7. The fourth-order valence-electron chi connectivity index (χ4n) is 2.63. The molecule has 2 rings (SSSR count). The maximum absolute atomic E-state index is 12.5. The van der Waals surface area contributed by atoms with E-state index in [2.05, 4.69) is 57.1 Å². The van der Waals surface area contributed by atoms with E-state index in [0.717, 1.165) is 22.7 Å². The van der Waals surface area contributed by atoms with Gasteiger partial charge < -0.3 is 5.32 Å². The van der Waals surface area contributed by atoms with Crippen LogP contribution < -0.4 is 5.32 Å². The number of hydrogen-bond donors (Lipinski definition) is 1. The van der Waals surface area contributed by atoms with Gasteiger partial charge in [-0.25, -0.2) is 4.98 Å². The highest BCUT2D eigenvalue weighted by Gasteiger charge is 2.22. The molecule has 1 atom stereocenters. The summed E-state index contributed by atoms with van der Waals surface area (Å²) >= 11 is 1.63. The first-order valence-corrected chi connectivity index (χ1v) is 9.41. The van der Waals surface area contributed by atoms with Gasteiger partial charge in [-0.2, -0.15) is 0 Å². The van der Waals surface area contributed by atoms with Gasteiger partial charge in [0.25, 0.3) is 0 Å². The Balaban J connectivity index is 2.06. The van der Waals surface area contributed by atoms with Crippen LogP contribution in [-0.2, 0) is 11.2 Å². The number of amides is 1. The normalized spacial score (nSPS) is 13.1. The largest absolute Gasteiger partial charge is 0.349 e. The van der Waals surface area contributed by atoms with Crippen LogP contribution in [0.2, 0.25) is 0 Å². The van der Waals surface area contributed by atoms with E-state index in [0.29, 0.717) is 12.3 Å². The van der Waals surface area contributed by atoms with Gasteiger partial charge in [0.15, 0.2) is 0 Å². The van der Waals surface area contributed by atoms with Crippen molar-refractivity contribution < 1.29 is 4.79 Å². The summed E-state index contributed by atoms with van der Waals surface area (Å²) in [6.07, 6.45) is 1.24. The number of thiazole rings is 1. The Morgan fingerprint density at radius 2 is 1.88 bits per heavy atom. The zero-order valence-electron chi connectivity index (χ0n) is 15.3. The minimum Gasteiger partial charge on any atom is -0.349 e. The Labute approximate surface area is 149 Å². The van der Waals surface area contributed by atoms with Crippen LogP contribution >= 0.6 is 11.3 Å². The summed E-state index contributed by atoms with van der Waals surface area (Å²) in [7, 11) is 0. The first-order chi connectivity index (χ1) is 11.2. The Hall–Kier alpha value is -1.68. The molecule has 1 aromatic heterocycles. The molecule has 0 spiro atoms. The third-order valence-electron chi connectivity index (χ3n) is 3.76. The third kappa shape index (κ3) is 5.75. The Morgan fingerprint density at radius 3 is 2.42 bits per heavy atom. The summed E-state index contributed by atoms with van der Waals surface area (Å²) in [4.78, 5) is 17.1. The molecular weight excluding hydrogens is 316 g/mol. The van der Waals surface area contributed by atoms with Gasteiger partial charge in [0.2, 0.25) is 5.91 Å². The lowest BCUT2D eigenvalue weighted by Crippen LogP contribution is -2.32. The van der Waals surface area contributed by atoms with Crippen molar-refractivity contribution in [1.82, 2.24) is 10.3 Å². The summed E-state index contributed by atoms with van der Waals surface area (Å²) in [5.74, 6) is 0.443. The molecule has 0 aliphatic rings. The smallest absolute Gasteiger partial charge is 0.226 e. The van der Waals surface area contributed by atoms with E-state index in [9.17, 15) is 4.79 Å². The number of rotatable bonds is 6. The molecule has 3 nitrogen and oxygen atoms in total. The molecular formula is C20H28N2OS. The molecule has 0 aliphatic heterocycles. The lowest BCUT2D eigenvalue weighted by Gasteiger charge is -2.27. The third-order valence-corrected chi connectivity index (χ3v) is 4.95. The standard InChI is InChI=1S/C20H28N2OS/c1-14(2)19-21-16(13-24-19)11-18(23)22-17(12-20(3,4)5)15-9-7-6-8-10-15/h6-10,13-14,17H,11-12H2,1-5H3,(H,22,23). The molecule has 1 unspecified atom stereocenters. The summed E-state index contributed by atoms with van der Waals surface area (Å²) in [6.45, 7) is 10.8. The zero-order valence-corrected chi connectivity index (χ0v) is 16.1. The van der Waals surface area contributed by atoms with E-state index in [-0.39, 0.29) is 17.4 Å². The van der Waals surface area contributed by atoms with Crippen molar-refractivity contribution >= 4 is 17.2 Å². The minimum absolute atomic E-state index is 0.0295. The number of carbonyl (C=O) groups excluding carboxylic acids is 1. The predicted molar refractivity (Wildman–Crippen MR) is 101 cm³/mol. The van der Waals surface area contributed by atoms with Crippen molar-refractivity contribution in [2.24, 2.45) is 5.41 Å². The monoisotopic (exact) mass is 344 g/mol. The molecule has 4 heteroatoms. The topological polar surface area (TPSA) is 42.0 Å². The predicted octanol–water partition coefficient (Wildman–Crippen LogP) is 5.10. The fourth-order valence-corrected chi connectivity index (χ4v) is 3.46. The molecule has 2 aromatic rings. The fraction of sp³-hybridized carbons (Fsp3) is 0.500. The van der Waals surface area contributed by atoms with E-state index in [1.807, 2.05) is 23.6 Å². The number of hydrogen-bond acceptors (Lipinski definition) is 3. The quantitative estimate of drug-likeness (QED) is 0.792. The van der Waals surface area contributed by atoms with E-state index in [1.165, 1.54) is 0 Å². The van der Waals surface area contributed by atoms with Crippen molar-refractivity contribution in [1.29, 1.82) is 0 Å². The molecule has 1 amide bonds. The van der Waals surface area contributed by atoms with Crippen molar-refractivity contribution in [2.45, 2.75) is 59.4 Å². The Bertz CT molecular complexity index is 656. The second kappa shape index (κ2) is 7.93. The highest BCUT2D eigenvalue weighted by Crippen LogP contribution is 2.29. The molecule has 0 saturated heterocycles. The molecule has 0 fully saturated rings. The summed E-state index contributed by atoms with van der Waals surface area (Å²) < 4.78 is 0. The lowest BCUT2D eigenvalue weighted by atomic mass is 9.85. The van der Waals surface area contributed by atoms with E-state index < -0.39 is 0 Å². The highest BCUT2D eigenvalue weighted by atomic mass is 32.1. The van der Waals surface area contributed by atoms with Gasteiger partial charge in [-0.15, -0.1) is 11.3 Å². The SMILES string of the molecule is CC(C)c1nc(CC(=O)NC(CC(C)(C)C)c2ccccc2)cs1. The lowest BCUT2D eigenvalue weighted by molar-refractivity contribution is -0.121. The van der Waals surface area contributed by atoms with Gasteiger partial charge in [-0.1, -0.05) is 65.0 Å². The molecule has 24 heavy (non-hydrogen) atoms. The molecule has 0 bridgehead atoms. The van der Waals surface area contributed by atoms with Crippen molar-refractivity contribution in [3.8, 4) is 0 Å². The Morgan fingerprint density at radius 1 is 1.21 bits per heavy atom. The second-order valence-corrected chi connectivity index (χ2v) is 8.69. The van der Waals surface area contributed by atoms with Gasteiger partial charge in [0, 0.05) is 11.3 Å². The number of carbonyl (C=O) groups is 1. The maximum Gasteiger partial charge on any atom is 0.226 e. The minimum atomic E-state index is 0.0295. The molecule has 130 valence electrons. The Kier molecular flexibility index (Phi) is 6.16. The summed E-state index contributed by atoms with van der Waals surface area (Å²) in [5.41, 5.74) is 2.16. The molecule has 0 aliphatic carbocycles. The number of benzene rings is 1. The van der Waals surface area contributed by atoms with Crippen LogP contribution in [0, 0.1) is 5.41 Å². The van der Waals surface area contributed by atoms with Crippen LogP contribution in [0.15, 0.2) is 35.7 Å². The summed E-state index contributed by atoms with van der Waals surface area (Å²) in [6, 6.07) is 10.2. The van der Waals surface area contributed by atoms with Gasteiger partial charge >= 0.3 is 0 Å². The van der Waals surface area contributed by atoms with Gasteiger partial charge in [0.1, 0.15) is 0 Å². The summed E-state index contributed by atoms with van der Waals surface area (Å²) in [5, 5.41) is 6.29. The van der Waals surface area contributed by atoms with Gasteiger partial charge in [-0.3, -0.25) is 4.79 Å². The molecule has 0 radical (unpaired) electrons. The highest BCUT2D eigenvalue weighted by molar-refractivity contribution is 7.09. The first-order valence-electron chi connectivity index (χ1n) is 8.53. The van der Waals surface area contributed by atoms with Gasteiger partial charge in [0.05, 0.1) is 23.2 Å². The van der Waals surface area contributed by atoms with Crippen LogP contribution in [0.3, 0.4) is 0 Å². The number of nitrogens with zero attached hydrogens (tertiary/aromatic N) is 1. The van der Waals surface area contributed by atoms with Crippen LogP contribution in [0.25, 0.3) is 0 Å². The number of aromatic nitrogens is 1. The molecule has 1 heterocycles. The zero-order chi connectivity index (χ0) is 17.7. The molecule has 1 aromatic carbocycles. The average Bonchev–Trinajstić information content (AvgIpc) is 2.94. The van der Waals surface area contributed by atoms with E-state index in [4.69, 9.17) is 0 Å². The van der Waals surface area contributed by atoms with Gasteiger partial charge in [-0.05, 0) is 17.4 Å². The second-order valence-electron chi connectivity index (χ2n) is 7.80. The van der Waals surface area contributed by atoms with Crippen LogP contribution in [0.1, 0.15) is 69.3 Å². The molecule has 0 saturated carbocycles. The van der Waals surface area contributed by atoms with Crippen molar-refractivity contribution in [2.75, 3.05) is 0 Å². The van der Waals surface area contributed by atoms with Crippen LogP contribution in [0.4, 0.5) is 0 Å². The van der Waals surface area contributed by atoms with E-state index >= 15 is 0 Å². The van der Waals surface area contributed by atoms with Crippen LogP contribution in [0.5, 0.6) is 0 Å². The van der Waals surface area contributed by atoms with Crippen molar-refractivity contribution in [3.63, 3.8) is 0 Å². The number of nitrogens with one attached hydrogen (secondary N) is 1. The van der Waals surface area contributed by atoms with Crippen LogP contribution in [-0.4, -0.2) is 10.9 Å². The maximum atomic E-state index is 12.5. The average molecular weight is 345 g/mol. The van der Waals surface area contributed by atoms with E-state index in [1.54, 1.807) is 11.3 Å².